The largest absolute Gasteiger partial charge is 0.490 e. The predicted octanol–water partition coefficient (Wildman–Crippen LogP) is 3.19. The Bertz CT molecular complexity index is 544. The maximum absolute atomic E-state index is 5.75. The van der Waals surface area contributed by atoms with Crippen molar-refractivity contribution in [2.75, 3.05) is 18.9 Å². The molecule has 2 rings (SSSR count). The maximum atomic E-state index is 5.75. The van der Waals surface area contributed by atoms with Crippen LogP contribution in [0.1, 0.15) is 5.69 Å². The smallest absolute Gasteiger partial charge is 0.166 e. The van der Waals surface area contributed by atoms with Crippen molar-refractivity contribution in [1.82, 2.24) is 4.98 Å². The number of nitrogens with two attached hydrogens (primary N) is 1. The Kier molecular flexibility index (Phi) is 4.63. The van der Waals surface area contributed by atoms with Gasteiger partial charge in [0, 0.05) is 10.2 Å². The molecule has 0 amide bonds. The van der Waals surface area contributed by atoms with E-state index in [9.17, 15) is 0 Å². The first kappa shape index (κ1) is 13.7. The van der Waals surface area contributed by atoms with Crippen molar-refractivity contribution in [3.8, 4) is 11.5 Å². The highest BCUT2D eigenvalue weighted by Gasteiger charge is 2.01. The highest BCUT2D eigenvalue weighted by Crippen LogP contribution is 2.19. The van der Waals surface area contributed by atoms with Gasteiger partial charge in [-0.05, 0) is 43.3 Å². The first-order chi connectivity index (χ1) is 9.15. The number of anilines is 1. The van der Waals surface area contributed by atoms with Crippen LogP contribution in [0.15, 0.2) is 40.9 Å². The van der Waals surface area contributed by atoms with E-state index < -0.39 is 0 Å². The van der Waals surface area contributed by atoms with Gasteiger partial charge in [0.25, 0.3) is 0 Å². The Labute approximate surface area is 120 Å². The molecule has 0 spiro atoms. The molecule has 1 aromatic carbocycles. The molecule has 5 heteroatoms. The molecule has 0 saturated carbocycles. The molecule has 1 heterocycles. The standard InChI is InChI=1S/C14H15BrN2O2/c1-10-2-7-13(14(16)17-10)19-9-8-18-12-5-3-11(15)4-6-12/h2-7H,8-9H2,1H3,(H2,16,17). The molecule has 2 N–H and O–H groups in total. The van der Waals surface area contributed by atoms with E-state index in [-0.39, 0.29) is 0 Å². The van der Waals surface area contributed by atoms with Crippen molar-refractivity contribution in [2.24, 2.45) is 0 Å². The molecule has 0 fully saturated rings. The quantitative estimate of drug-likeness (QED) is 0.859. The van der Waals surface area contributed by atoms with Crippen LogP contribution in [0.3, 0.4) is 0 Å². The van der Waals surface area contributed by atoms with Gasteiger partial charge in [-0.1, -0.05) is 15.9 Å². The molecule has 2 aromatic rings. The average Bonchev–Trinajstić information content (AvgIpc) is 2.39. The van der Waals surface area contributed by atoms with Crippen LogP contribution in [-0.4, -0.2) is 18.2 Å². The molecule has 19 heavy (non-hydrogen) atoms. The summed E-state index contributed by atoms with van der Waals surface area (Å²) >= 11 is 3.37. The van der Waals surface area contributed by atoms with Crippen LogP contribution in [0.25, 0.3) is 0 Å². The average molecular weight is 323 g/mol. The summed E-state index contributed by atoms with van der Waals surface area (Å²) in [6.45, 7) is 2.76. The number of hydrogen-bond acceptors (Lipinski definition) is 4. The number of aryl methyl sites for hydroxylation is 1. The Morgan fingerprint density at radius 2 is 1.74 bits per heavy atom. The lowest BCUT2D eigenvalue weighted by Gasteiger charge is -2.10. The number of pyridine rings is 1. The topological polar surface area (TPSA) is 57.4 Å². The fourth-order valence-electron chi connectivity index (χ4n) is 1.53. The monoisotopic (exact) mass is 322 g/mol. The van der Waals surface area contributed by atoms with Crippen molar-refractivity contribution >= 4 is 21.7 Å². The summed E-state index contributed by atoms with van der Waals surface area (Å²) < 4.78 is 12.1. The Morgan fingerprint density at radius 3 is 2.42 bits per heavy atom. The van der Waals surface area contributed by atoms with Crippen molar-refractivity contribution < 1.29 is 9.47 Å². The first-order valence-electron chi connectivity index (χ1n) is 5.89. The second kappa shape index (κ2) is 6.43. The van der Waals surface area contributed by atoms with Gasteiger partial charge >= 0.3 is 0 Å². The summed E-state index contributed by atoms with van der Waals surface area (Å²) in [5, 5.41) is 0. The van der Waals surface area contributed by atoms with E-state index in [4.69, 9.17) is 15.2 Å². The van der Waals surface area contributed by atoms with Gasteiger partial charge in [0.05, 0.1) is 0 Å². The van der Waals surface area contributed by atoms with Gasteiger partial charge in [-0.15, -0.1) is 0 Å². The molecule has 0 saturated heterocycles. The van der Waals surface area contributed by atoms with E-state index in [1.54, 1.807) is 0 Å². The molecule has 0 aliphatic heterocycles. The number of hydrogen-bond donors (Lipinski definition) is 1. The molecule has 4 nitrogen and oxygen atoms in total. The highest BCUT2D eigenvalue weighted by molar-refractivity contribution is 9.10. The van der Waals surface area contributed by atoms with Gasteiger partial charge in [0.15, 0.2) is 11.6 Å². The lowest BCUT2D eigenvalue weighted by atomic mass is 10.3. The van der Waals surface area contributed by atoms with Crippen molar-refractivity contribution in [1.29, 1.82) is 0 Å². The maximum Gasteiger partial charge on any atom is 0.166 e. The molecular formula is C14H15BrN2O2. The number of rotatable bonds is 5. The summed E-state index contributed by atoms with van der Waals surface area (Å²) in [6, 6.07) is 11.3. The fourth-order valence-corrected chi connectivity index (χ4v) is 1.79. The molecule has 0 radical (unpaired) electrons. The summed E-state index contributed by atoms with van der Waals surface area (Å²) in [5.41, 5.74) is 6.62. The van der Waals surface area contributed by atoms with Crippen molar-refractivity contribution in [3.63, 3.8) is 0 Å². The summed E-state index contributed by atoms with van der Waals surface area (Å²) in [4.78, 5) is 4.13. The van der Waals surface area contributed by atoms with E-state index in [1.807, 2.05) is 43.3 Å². The summed E-state index contributed by atoms with van der Waals surface area (Å²) in [5.74, 6) is 1.80. The van der Waals surface area contributed by atoms with E-state index in [0.29, 0.717) is 24.8 Å². The third-order valence-electron chi connectivity index (χ3n) is 2.45. The van der Waals surface area contributed by atoms with E-state index in [2.05, 4.69) is 20.9 Å². The van der Waals surface area contributed by atoms with Crippen LogP contribution in [0.5, 0.6) is 11.5 Å². The molecule has 0 aliphatic rings. The summed E-state index contributed by atoms with van der Waals surface area (Å²) in [7, 11) is 0. The molecule has 0 aliphatic carbocycles. The molecule has 100 valence electrons. The number of benzene rings is 1. The minimum Gasteiger partial charge on any atom is -0.490 e. The van der Waals surface area contributed by atoms with E-state index in [0.717, 1.165) is 15.9 Å². The molecule has 0 unspecified atom stereocenters. The van der Waals surface area contributed by atoms with Crippen molar-refractivity contribution in [3.05, 3.63) is 46.6 Å². The zero-order chi connectivity index (χ0) is 13.7. The van der Waals surface area contributed by atoms with Gasteiger partial charge in [0.1, 0.15) is 19.0 Å². The van der Waals surface area contributed by atoms with Crippen LogP contribution in [-0.2, 0) is 0 Å². The van der Waals surface area contributed by atoms with E-state index in [1.165, 1.54) is 0 Å². The first-order valence-corrected chi connectivity index (χ1v) is 6.69. The number of halogens is 1. The molecule has 0 atom stereocenters. The van der Waals surface area contributed by atoms with E-state index >= 15 is 0 Å². The third kappa shape index (κ3) is 4.13. The minimum absolute atomic E-state index is 0.406. The van der Waals surface area contributed by atoms with Gasteiger partial charge in [0.2, 0.25) is 0 Å². The summed E-state index contributed by atoms with van der Waals surface area (Å²) in [6.07, 6.45) is 0. The SMILES string of the molecule is Cc1ccc(OCCOc2ccc(Br)cc2)c(N)n1. The predicted molar refractivity (Wildman–Crippen MR) is 78.5 cm³/mol. The second-order valence-corrected chi connectivity index (χ2v) is 4.90. The zero-order valence-corrected chi connectivity index (χ0v) is 12.2. The number of nitrogen functional groups attached to an aromatic ring is 1. The lowest BCUT2D eigenvalue weighted by molar-refractivity contribution is 0.217. The van der Waals surface area contributed by atoms with Gasteiger partial charge in [-0.3, -0.25) is 0 Å². The van der Waals surface area contributed by atoms with Crippen LogP contribution in [0, 0.1) is 6.92 Å². The Hall–Kier alpha value is -1.75. The number of aromatic nitrogens is 1. The van der Waals surface area contributed by atoms with Crippen LogP contribution < -0.4 is 15.2 Å². The lowest BCUT2D eigenvalue weighted by Crippen LogP contribution is -2.10. The second-order valence-electron chi connectivity index (χ2n) is 3.99. The van der Waals surface area contributed by atoms with Crippen LogP contribution in [0.4, 0.5) is 5.82 Å². The number of nitrogens with zero attached hydrogens (tertiary/aromatic N) is 1. The molecule has 0 bridgehead atoms. The normalized spacial score (nSPS) is 10.2. The Balaban J connectivity index is 1.79. The molecular weight excluding hydrogens is 308 g/mol. The third-order valence-corrected chi connectivity index (χ3v) is 2.98. The van der Waals surface area contributed by atoms with Crippen molar-refractivity contribution in [2.45, 2.75) is 6.92 Å². The van der Waals surface area contributed by atoms with Gasteiger partial charge < -0.3 is 15.2 Å². The highest BCUT2D eigenvalue weighted by atomic mass is 79.9. The van der Waals surface area contributed by atoms with Crippen LogP contribution in [0.2, 0.25) is 0 Å². The van der Waals surface area contributed by atoms with Gasteiger partial charge in [-0.2, -0.15) is 0 Å². The van der Waals surface area contributed by atoms with Crippen LogP contribution >= 0.6 is 15.9 Å². The Morgan fingerprint density at radius 1 is 1.05 bits per heavy atom. The van der Waals surface area contributed by atoms with Gasteiger partial charge in [-0.25, -0.2) is 4.98 Å². The number of ether oxygens (including phenoxy) is 2. The minimum atomic E-state index is 0.406. The molecule has 1 aromatic heterocycles. The zero-order valence-electron chi connectivity index (χ0n) is 10.6. The fraction of sp³-hybridized carbons (Fsp3) is 0.214.